The van der Waals surface area contributed by atoms with Crippen LogP contribution in [0.15, 0.2) is 24.3 Å². The van der Waals surface area contributed by atoms with Crippen LogP contribution in [0.3, 0.4) is 0 Å². The number of hydrogen-bond acceptors (Lipinski definition) is 4. The van der Waals surface area contributed by atoms with Crippen molar-refractivity contribution in [3.05, 3.63) is 35.4 Å². The lowest BCUT2D eigenvalue weighted by molar-refractivity contribution is -0.136. The van der Waals surface area contributed by atoms with E-state index >= 15 is 0 Å². The Hall–Kier alpha value is -1.63. The standard InChI is InChI=1S/C12H13F3N2O3S/c13-12(14,15)9-17(4-5-18)21(19,20)8-11-3-1-2-10(6-11)7-16/h1-3,6,18H,4-5,8-9H2. The minimum absolute atomic E-state index is 0.187. The number of nitrogens with zero attached hydrogens (tertiary/aromatic N) is 2. The fourth-order valence-electron chi connectivity index (χ4n) is 1.66. The Morgan fingerprint density at radius 3 is 2.52 bits per heavy atom. The van der Waals surface area contributed by atoms with Gasteiger partial charge in [-0.15, -0.1) is 0 Å². The highest BCUT2D eigenvalue weighted by molar-refractivity contribution is 7.88. The first kappa shape index (κ1) is 17.4. The molecule has 0 spiro atoms. The van der Waals surface area contributed by atoms with E-state index in [0.29, 0.717) is 0 Å². The summed E-state index contributed by atoms with van der Waals surface area (Å²) in [6.45, 7) is -3.01. The van der Waals surface area contributed by atoms with Crippen LogP contribution in [0.25, 0.3) is 0 Å². The van der Waals surface area contributed by atoms with Gasteiger partial charge in [-0.3, -0.25) is 0 Å². The molecule has 0 saturated heterocycles. The lowest BCUT2D eigenvalue weighted by Crippen LogP contribution is -2.41. The lowest BCUT2D eigenvalue weighted by Gasteiger charge is -2.22. The van der Waals surface area contributed by atoms with Crippen LogP contribution < -0.4 is 0 Å². The molecule has 0 aliphatic heterocycles. The maximum Gasteiger partial charge on any atom is 0.402 e. The number of aliphatic hydroxyl groups is 1. The topological polar surface area (TPSA) is 81.4 Å². The van der Waals surface area contributed by atoms with E-state index < -0.39 is 41.6 Å². The molecule has 21 heavy (non-hydrogen) atoms. The van der Waals surface area contributed by atoms with E-state index in [4.69, 9.17) is 10.4 Å². The van der Waals surface area contributed by atoms with Crippen LogP contribution in [0.2, 0.25) is 0 Å². The van der Waals surface area contributed by atoms with Crippen molar-refractivity contribution in [2.75, 3.05) is 19.7 Å². The largest absolute Gasteiger partial charge is 0.402 e. The average molecular weight is 322 g/mol. The molecule has 116 valence electrons. The summed E-state index contributed by atoms with van der Waals surface area (Å²) in [7, 11) is -4.25. The Balaban J connectivity index is 2.98. The van der Waals surface area contributed by atoms with E-state index in [0.717, 1.165) is 0 Å². The van der Waals surface area contributed by atoms with Crippen LogP contribution in [0, 0.1) is 11.3 Å². The van der Waals surface area contributed by atoms with Gasteiger partial charge < -0.3 is 5.11 Å². The maximum absolute atomic E-state index is 12.4. The molecule has 0 unspecified atom stereocenters. The number of rotatable bonds is 6. The summed E-state index contributed by atoms with van der Waals surface area (Å²) in [6.07, 6.45) is -4.70. The molecule has 0 fully saturated rings. The SMILES string of the molecule is N#Cc1cccc(CS(=O)(=O)N(CCO)CC(F)(F)F)c1. The van der Waals surface area contributed by atoms with E-state index in [1.807, 2.05) is 6.07 Å². The second kappa shape index (κ2) is 6.89. The third-order valence-corrected chi connectivity index (χ3v) is 4.30. The Morgan fingerprint density at radius 2 is 2.00 bits per heavy atom. The highest BCUT2D eigenvalue weighted by atomic mass is 32.2. The summed E-state index contributed by atoms with van der Waals surface area (Å²) in [5.41, 5.74) is 0.423. The molecule has 9 heteroatoms. The summed E-state index contributed by atoms with van der Waals surface area (Å²) < 4.78 is 61.3. The molecule has 1 aromatic rings. The zero-order valence-electron chi connectivity index (χ0n) is 10.8. The minimum atomic E-state index is -4.70. The van der Waals surface area contributed by atoms with Crippen LogP contribution >= 0.6 is 0 Å². The second-order valence-corrected chi connectivity index (χ2v) is 6.21. The highest BCUT2D eigenvalue weighted by Crippen LogP contribution is 2.20. The molecular weight excluding hydrogens is 309 g/mol. The van der Waals surface area contributed by atoms with E-state index in [1.54, 1.807) is 0 Å². The molecule has 1 rings (SSSR count). The highest BCUT2D eigenvalue weighted by Gasteiger charge is 2.36. The Labute approximate surface area is 120 Å². The fourth-order valence-corrected chi connectivity index (χ4v) is 3.15. The molecule has 0 aromatic heterocycles. The number of halogens is 3. The van der Waals surface area contributed by atoms with Gasteiger partial charge in [0.2, 0.25) is 10.0 Å². The first-order chi connectivity index (χ1) is 9.68. The molecule has 0 radical (unpaired) electrons. The molecule has 0 aliphatic carbocycles. The summed E-state index contributed by atoms with van der Waals surface area (Å²) >= 11 is 0. The number of sulfonamides is 1. The summed E-state index contributed by atoms with van der Waals surface area (Å²) in [6, 6.07) is 7.42. The smallest absolute Gasteiger partial charge is 0.395 e. The van der Waals surface area contributed by atoms with Crippen molar-refractivity contribution < 1.29 is 26.7 Å². The van der Waals surface area contributed by atoms with Crippen molar-refractivity contribution in [3.8, 4) is 6.07 Å². The predicted molar refractivity (Wildman–Crippen MR) is 68.5 cm³/mol. The van der Waals surface area contributed by atoms with Crippen molar-refractivity contribution in [1.82, 2.24) is 4.31 Å². The average Bonchev–Trinajstić information content (AvgIpc) is 2.36. The summed E-state index contributed by atoms with van der Waals surface area (Å²) in [5, 5.41) is 17.4. The Bertz CT molecular complexity index is 623. The molecule has 1 N–H and O–H groups in total. The van der Waals surface area contributed by atoms with Crippen LogP contribution in [0.1, 0.15) is 11.1 Å². The predicted octanol–water partition coefficient (Wildman–Crippen LogP) is 1.24. The zero-order chi connectivity index (χ0) is 16.1. The molecule has 0 aliphatic rings. The van der Waals surface area contributed by atoms with Gasteiger partial charge in [0, 0.05) is 6.54 Å². The quantitative estimate of drug-likeness (QED) is 0.854. The molecule has 1 aromatic carbocycles. The van der Waals surface area contributed by atoms with Crippen LogP contribution in [-0.4, -0.2) is 43.7 Å². The normalized spacial score (nSPS) is 12.4. The molecule has 0 heterocycles. The van der Waals surface area contributed by atoms with Crippen molar-refractivity contribution in [3.63, 3.8) is 0 Å². The maximum atomic E-state index is 12.4. The van der Waals surface area contributed by atoms with Crippen molar-refractivity contribution in [2.24, 2.45) is 0 Å². The second-order valence-electron chi connectivity index (χ2n) is 4.24. The molecule has 0 amide bonds. The lowest BCUT2D eigenvalue weighted by atomic mass is 10.2. The third-order valence-electron chi connectivity index (χ3n) is 2.50. The number of benzene rings is 1. The van der Waals surface area contributed by atoms with E-state index in [9.17, 15) is 21.6 Å². The monoisotopic (exact) mass is 322 g/mol. The summed E-state index contributed by atoms with van der Waals surface area (Å²) in [5.74, 6) is -0.668. The van der Waals surface area contributed by atoms with E-state index in [1.165, 1.54) is 24.3 Å². The van der Waals surface area contributed by atoms with Crippen LogP contribution in [-0.2, 0) is 15.8 Å². The van der Waals surface area contributed by atoms with Gasteiger partial charge in [0.05, 0.1) is 24.0 Å². The number of alkyl halides is 3. The van der Waals surface area contributed by atoms with Crippen LogP contribution in [0.4, 0.5) is 13.2 Å². The Morgan fingerprint density at radius 1 is 1.33 bits per heavy atom. The molecule has 0 atom stereocenters. The number of nitriles is 1. The molecule has 0 saturated carbocycles. The van der Waals surface area contributed by atoms with E-state index in [2.05, 4.69) is 0 Å². The van der Waals surface area contributed by atoms with Gasteiger partial charge in [0.15, 0.2) is 0 Å². The first-order valence-corrected chi connectivity index (χ1v) is 7.43. The van der Waals surface area contributed by atoms with Crippen molar-refractivity contribution >= 4 is 10.0 Å². The van der Waals surface area contributed by atoms with Gasteiger partial charge in [-0.05, 0) is 17.7 Å². The minimum Gasteiger partial charge on any atom is -0.395 e. The third kappa shape index (κ3) is 5.71. The van der Waals surface area contributed by atoms with Gasteiger partial charge in [-0.1, -0.05) is 12.1 Å². The van der Waals surface area contributed by atoms with Gasteiger partial charge >= 0.3 is 6.18 Å². The molecule has 5 nitrogen and oxygen atoms in total. The zero-order valence-corrected chi connectivity index (χ0v) is 11.7. The van der Waals surface area contributed by atoms with Crippen LogP contribution in [0.5, 0.6) is 0 Å². The summed E-state index contributed by atoms with van der Waals surface area (Å²) in [4.78, 5) is 0. The van der Waals surface area contributed by atoms with Crippen molar-refractivity contribution in [2.45, 2.75) is 11.9 Å². The number of hydrogen-bond donors (Lipinski definition) is 1. The Kier molecular flexibility index (Phi) is 5.71. The molecular formula is C12H13F3N2O3S. The number of aliphatic hydroxyl groups excluding tert-OH is 1. The van der Waals surface area contributed by atoms with Gasteiger partial charge in [-0.2, -0.15) is 22.7 Å². The first-order valence-electron chi connectivity index (χ1n) is 5.82. The van der Waals surface area contributed by atoms with Gasteiger partial charge in [0.1, 0.15) is 6.54 Å². The van der Waals surface area contributed by atoms with Gasteiger partial charge in [0.25, 0.3) is 0 Å². The van der Waals surface area contributed by atoms with Gasteiger partial charge in [-0.25, -0.2) is 8.42 Å². The fraction of sp³-hybridized carbons (Fsp3) is 0.417. The molecule has 0 bridgehead atoms. The van der Waals surface area contributed by atoms with Crippen molar-refractivity contribution in [1.29, 1.82) is 5.26 Å². The van der Waals surface area contributed by atoms with E-state index in [-0.39, 0.29) is 15.4 Å².